The lowest BCUT2D eigenvalue weighted by molar-refractivity contribution is -0.141. The van der Waals surface area contributed by atoms with E-state index in [0.717, 1.165) is 64.0 Å². The maximum absolute atomic E-state index is 12.8. The Morgan fingerprint density at radius 1 is 1.06 bits per heavy atom. The normalized spacial score (nSPS) is 23.1. The Labute approximate surface area is 180 Å². The van der Waals surface area contributed by atoms with Gasteiger partial charge in [0.25, 0.3) is 0 Å². The zero-order chi connectivity index (χ0) is 21.5. The molecule has 8 heteroatoms. The number of hydrogen-bond donors (Lipinski definition) is 0. The fourth-order valence-electron chi connectivity index (χ4n) is 5.38. The van der Waals surface area contributed by atoms with Crippen LogP contribution < -0.4 is 4.90 Å². The van der Waals surface area contributed by atoms with Crippen molar-refractivity contribution in [3.8, 4) is 0 Å². The summed E-state index contributed by atoms with van der Waals surface area (Å²) in [5.41, 5.74) is 1.50. The number of nitrogens with zero attached hydrogens (tertiary/aromatic N) is 4. The Morgan fingerprint density at radius 2 is 1.87 bits per heavy atom. The van der Waals surface area contributed by atoms with Gasteiger partial charge in [-0.25, -0.2) is 4.98 Å². The van der Waals surface area contributed by atoms with Crippen LogP contribution in [-0.4, -0.2) is 54.3 Å². The lowest BCUT2D eigenvalue weighted by Gasteiger charge is -2.43. The third-order valence-electron chi connectivity index (χ3n) is 7.09. The molecule has 2 aromatic rings. The van der Waals surface area contributed by atoms with Gasteiger partial charge in [0.05, 0.1) is 25.1 Å². The third-order valence-corrected chi connectivity index (χ3v) is 7.09. The summed E-state index contributed by atoms with van der Waals surface area (Å²) in [7, 11) is 0. The molecular formula is C23H27F3N4O. The molecule has 3 saturated heterocycles. The van der Waals surface area contributed by atoms with Gasteiger partial charge in [0.2, 0.25) is 0 Å². The quantitative estimate of drug-likeness (QED) is 0.725. The minimum absolute atomic E-state index is 0.321. The summed E-state index contributed by atoms with van der Waals surface area (Å²) in [6, 6.07) is 7.11. The van der Waals surface area contributed by atoms with E-state index in [0.29, 0.717) is 17.4 Å². The van der Waals surface area contributed by atoms with Crippen molar-refractivity contribution < 1.29 is 17.9 Å². The molecular weight excluding hydrogens is 405 g/mol. The van der Waals surface area contributed by atoms with Crippen molar-refractivity contribution >= 4 is 5.69 Å². The van der Waals surface area contributed by atoms with Gasteiger partial charge in [0, 0.05) is 43.5 Å². The minimum Gasteiger partial charge on any atom is -0.380 e. The number of piperidine rings is 1. The van der Waals surface area contributed by atoms with E-state index in [1.807, 2.05) is 18.5 Å². The highest BCUT2D eigenvalue weighted by Crippen LogP contribution is 2.44. The first-order chi connectivity index (χ1) is 14.9. The maximum Gasteiger partial charge on any atom is 0.433 e. The number of rotatable bonds is 4. The summed E-state index contributed by atoms with van der Waals surface area (Å²) in [6.07, 6.45) is 3.90. The standard InChI is InChI=1S/C23H27F3N4O/c24-23(25,26)20-4-3-19(13-28-20)29-9-5-17(6-10-29)21(18-2-1-8-27-12-18)30-11-7-22(14-30)15-31-16-22/h1-4,8,12-13,17,21H,5-7,9-11,14-16H2. The van der Waals surface area contributed by atoms with E-state index in [1.54, 1.807) is 0 Å². The van der Waals surface area contributed by atoms with Crippen LogP contribution in [0.25, 0.3) is 0 Å². The van der Waals surface area contributed by atoms with Gasteiger partial charge in [-0.2, -0.15) is 13.2 Å². The first-order valence-corrected chi connectivity index (χ1v) is 10.9. The number of ether oxygens (including phenoxy) is 1. The molecule has 3 fully saturated rings. The van der Waals surface area contributed by atoms with Crippen LogP contribution in [-0.2, 0) is 10.9 Å². The highest BCUT2D eigenvalue weighted by molar-refractivity contribution is 5.45. The summed E-state index contributed by atoms with van der Waals surface area (Å²) >= 11 is 0. The zero-order valence-electron chi connectivity index (χ0n) is 17.4. The molecule has 5 nitrogen and oxygen atoms in total. The van der Waals surface area contributed by atoms with Gasteiger partial charge in [0.1, 0.15) is 5.69 Å². The van der Waals surface area contributed by atoms with Gasteiger partial charge in [-0.15, -0.1) is 0 Å². The van der Waals surface area contributed by atoms with Gasteiger partial charge < -0.3 is 9.64 Å². The van der Waals surface area contributed by atoms with Crippen molar-refractivity contribution in [3.05, 3.63) is 54.1 Å². The molecule has 3 aliphatic rings. The molecule has 5 rings (SSSR count). The first-order valence-electron chi connectivity index (χ1n) is 10.9. The highest BCUT2D eigenvalue weighted by atomic mass is 19.4. The summed E-state index contributed by atoms with van der Waals surface area (Å²) < 4.78 is 43.9. The number of aromatic nitrogens is 2. The second-order valence-corrected chi connectivity index (χ2v) is 9.17. The first kappa shape index (κ1) is 20.7. The van der Waals surface area contributed by atoms with Crippen LogP contribution in [0.5, 0.6) is 0 Å². The van der Waals surface area contributed by atoms with E-state index < -0.39 is 11.9 Å². The van der Waals surface area contributed by atoms with Crippen LogP contribution in [0.2, 0.25) is 0 Å². The lowest BCUT2D eigenvalue weighted by atomic mass is 9.83. The monoisotopic (exact) mass is 432 g/mol. The molecule has 0 amide bonds. The third kappa shape index (κ3) is 4.15. The second kappa shape index (κ2) is 8.06. The van der Waals surface area contributed by atoms with Crippen molar-refractivity contribution in [1.82, 2.24) is 14.9 Å². The van der Waals surface area contributed by atoms with Gasteiger partial charge in [-0.3, -0.25) is 9.88 Å². The Hall–Kier alpha value is -2.19. The number of alkyl halides is 3. The smallest absolute Gasteiger partial charge is 0.380 e. The molecule has 2 aromatic heterocycles. The number of pyridine rings is 2. The molecule has 0 aliphatic carbocycles. The Kier molecular flexibility index (Phi) is 5.38. The summed E-state index contributed by atoms with van der Waals surface area (Å²) in [4.78, 5) is 12.8. The van der Waals surface area contributed by atoms with Crippen LogP contribution in [0.15, 0.2) is 42.9 Å². The van der Waals surface area contributed by atoms with E-state index in [-0.39, 0.29) is 0 Å². The lowest BCUT2D eigenvalue weighted by Crippen LogP contribution is -2.46. The average molecular weight is 432 g/mol. The number of likely N-dealkylation sites (tertiary alicyclic amines) is 1. The van der Waals surface area contributed by atoms with E-state index in [4.69, 9.17) is 4.74 Å². The van der Waals surface area contributed by atoms with Crippen molar-refractivity contribution in [2.45, 2.75) is 31.5 Å². The topological polar surface area (TPSA) is 41.5 Å². The van der Waals surface area contributed by atoms with Crippen LogP contribution in [0.3, 0.4) is 0 Å². The maximum atomic E-state index is 12.8. The molecule has 0 radical (unpaired) electrons. The van der Waals surface area contributed by atoms with Gasteiger partial charge in [0.15, 0.2) is 0 Å². The molecule has 1 atom stereocenters. The largest absolute Gasteiger partial charge is 0.433 e. The fraction of sp³-hybridized carbons (Fsp3) is 0.565. The Morgan fingerprint density at radius 3 is 2.42 bits per heavy atom. The van der Waals surface area contributed by atoms with Crippen molar-refractivity contribution in [1.29, 1.82) is 0 Å². The van der Waals surface area contributed by atoms with Gasteiger partial charge in [-0.05, 0) is 55.5 Å². The number of anilines is 1. The molecule has 0 aromatic carbocycles. The van der Waals surface area contributed by atoms with Crippen molar-refractivity contribution in [3.63, 3.8) is 0 Å². The van der Waals surface area contributed by atoms with E-state index in [2.05, 4.69) is 25.8 Å². The Balaban J connectivity index is 1.29. The molecule has 166 valence electrons. The van der Waals surface area contributed by atoms with Crippen LogP contribution in [0.1, 0.15) is 36.6 Å². The van der Waals surface area contributed by atoms with Gasteiger partial charge in [-0.1, -0.05) is 6.07 Å². The van der Waals surface area contributed by atoms with Crippen molar-refractivity contribution in [2.75, 3.05) is 44.3 Å². The highest BCUT2D eigenvalue weighted by Gasteiger charge is 2.47. The predicted molar refractivity (Wildman–Crippen MR) is 111 cm³/mol. The molecule has 5 heterocycles. The zero-order valence-corrected chi connectivity index (χ0v) is 17.4. The van der Waals surface area contributed by atoms with Crippen molar-refractivity contribution in [2.24, 2.45) is 11.3 Å². The summed E-state index contributed by atoms with van der Waals surface area (Å²) in [5.74, 6) is 0.485. The minimum atomic E-state index is -4.40. The van der Waals surface area contributed by atoms with Gasteiger partial charge >= 0.3 is 6.18 Å². The van der Waals surface area contributed by atoms with Crippen LogP contribution >= 0.6 is 0 Å². The molecule has 0 bridgehead atoms. The average Bonchev–Trinajstić information content (AvgIpc) is 3.21. The molecule has 3 aliphatic heterocycles. The molecule has 0 N–H and O–H groups in total. The number of hydrogen-bond acceptors (Lipinski definition) is 5. The molecule has 0 saturated carbocycles. The fourth-order valence-corrected chi connectivity index (χ4v) is 5.38. The van der Waals surface area contributed by atoms with E-state index in [9.17, 15) is 13.2 Å². The summed E-state index contributed by atoms with van der Waals surface area (Å²) in [6.45, 7) is 5.50. The molecule has 31 heavy (non-hydrogen) atoms. The summed E-state index contributed by atoms with van der Waals surface area (Å²) in [5, 5.41) is 0. The predicted octanol–water partition coefficient (Wildman–Crippen LogP) is 4.18. The van der Waals surface area contributed by atoms with Crippen LogP contribution in [0.4, 0.5) is 18.9 Å². The number of halogens is 3. The SMILES string of the molecule is FC(F)(F)c1ccc(N2CCC(C(c3cccnc3)N3CCC4(COC4)C3)CC2)cn1. The Bertz CT molecular complexity index is 878. The molecule has 1 spiro atoms. The van der Waals surface area contributed by atoms with E-state index in [1.165, 1.54) is 24.2 Å². The van der Waals surface area contributed by atoms with E-state index >= 15 is 0 Å². The van der Waals surface area contributed by atoms with Crippen LogP contribution in [0, 0.1) is 11.3 Å². The molecule has 1 unspecified atom stereocenters. The second-order valence-electron chi connectivity index (χ2n) is 9.17.